The zero-order valence-corrected chi connectivity index (χ0v) is 11.7. The van der Waals surface area contributed by atoms with Gasteiger partial charge in [-0.25, -0.2) is 0 Å². The Hall–Kier alpha value is -0.280. The van der Waals surface area contributed by atoms with Crippen LogP contribution in [-0.4, -0.2) is 42.5 Å². The highest BCUT2D eigenvalue weighted by Gasteiger charge is 2.25. The quantitative estimate of drug-likeness (QED) is 0.688. The zero-order chi connectivity index (χ0) is 12.7. The van der Waals surface area contributed by atoms with E-state index in [4.69, 9.17) is 16.3 Å². The van der Waals surface area contributed by atoms with Crippen molar-refractivity contribution in [3.63, 3.8) is 0 Å². The molecular weight excluding hydrogens is 238 g/mol. The van der Waals surface area contributed by atoms with Crippen LogP contribution < -0.4 is 0 Å². The molecule has 1 aliphatic rings. The van der Waals surface area contributed by atoms with E-state index in [0.717, 1.165) is 38.8 Å². The molecule has 0 spiro atoms. The lowest BCUT2D eigenvalue weighted by Gasteiger charge is -2.33. The van der Waals surface area contributed by atoms with Crippen LogP contribution in [-0.2, 0) is 9.53 Å². The third-order valence-corrected chi connectivity index (χ3v) is 3.48. The lowest BCUT2D eigenvalue weighted by atomic mass is 10.0. The van der Waals surface area contributed by atoms with Crippen molar-refractivity contribution in [2.45, 2.75) is 45.6 Å². The van der Waals surface area contributed by atoms with Gasteiger partial charge in [0.15, 0.2) is 0 Å². The van der Waals surface area contributed by atoms with Gasteiger partial charge >= 0.3 is 0 Å². The van der Waals surface area contributed by atoms with E-state index >= 15 is 0 Å². The van der Waals surface area contributed by atoms with Crippen LogP contribution in [0.5, 0.6) is 0 Å². The summed E-state index contributed by atoms with van der Waals surface area (Å²) < 4.78 is 5.60. The van der Waals surface area contributed by atoms with Crippen LogP contribution in [0.4, 0.5) is 0 Å². The number of amides is 1. The summed E-state index contributed by atoms with van der Waals surface area (Å²) in [6.45, 7) is 6.43. The predicted molar refractivity (Wildman–Crippen MR) is 70.3 cm³/mol. The van der Waals surface area contributed by atoms with Crippen LogP contribution in [0.15, 0.2) is 0 Å². The first-order valence-electron chi connectivity index (χ1n) is 6.65. The number of nitrogens with zero attached hydrogens (tertiary/aromatic N) is 1. The summed E-state index contributed by atoms with van der Waals surface area (Å²) in [5.74, 6) is 1.02. The number of hydrogen-bond acceptors (Lipinski definition) is 2. The van der Waals surface area contributed by atoms with E-state index in [1.807, 2.05) is 11.8 Å². The molecule has 1 unspecified atom stereocenters. The Morgan fingerprint density at radius 3 is 2.65 bits per heavy atom. The second-order valence-corrected chi connectivity index (χ2v) is 5.15. The number of ether oxygens (including phenoxy) is 1. The van der Waals surface area contributed by atoms with Crippen molar-refractivity contribution in [2.75, 3.05) is 25.6 Å². The molecule has 0 aliphatic carbocycles. The third kappa shape index (κ3) is 4.84. The van der Waals surface area contributed by atoms with Gasteiger partial charge in [-0.1, -0.05) is 20.3 Å². The summed E-state index contributed by atoms with van der Waals surface area (Å²) in [6.07, 6.45) is 4.24. The Bertz CT molecular complexity index is 227. The molecule has 1 aliphatic heterocycles. The van der Waals surface area contributed by atoms with Crippen molar-refractivity contribution in [1.82, 2.24) is 4.90 Å². The number of hydrogen-bond donors (Lipinski definition) is 0. The Morgan fingerprint density at radius 2 is 2.12 bits per heavy atom. The van der Waals surface area contributed by atoms with Gasteiger partial charge in [0, 0.05) is 24.9 Å². The van der Waals surface area contributed by atoms with E-state index in [1.165, 1.54) is 0 Å². The van der Waals surface area contributed by atoms with E-state index in [-0.39, 0.29) is 5.92 Å². The van der Waals surface area contributed by atoms with Crippen molar-refractivity contribution in [1.29, 1.82) is 0 Å². The highest BCUT2D eigenvalue weighted by Crippen LogP contribution is 2.17. The number of rotatable bonds is 6. The third-order valence-electron chi connectivity index (χ3n) is 3.33. The number of likely N-dealkylation sites (tertiary alicyclic amines) is 1. The lowest BCUT2D eigenvalue weighted by molar-refractivity contribution is -0.137. The van der Waals surface area contributed by atoms with Crippen LogP contribution >= 0.6 is 11.6 Å². The van der Waals surface area contributed by atoms with Gasteiger partial charge in [-0.2, -0.15) is 0 Å². The first kappa shape index (κ1) is 14.8. The Labute approximate surface area is 109 Å². The average Bonchev–Trinajstić information content (AvgIpc) is 2.36. The smallest absolute Gasteiger partial charge is 0.225 e. The SMILES string of the molecule is CCCC(C)C(=O)N1CCC(OCCCl)CC1. The number of piperidine rings is 1. The molecule has 100 valence electrons. The van der Waals surface area contributed by atoms with Gasteiger partial charge in [-0.05, 0) is 19.3 Å². The van der Waals surface area contributed by atoms with Crippen LogP contribution in [0, 0.1) is 5.92 Å². The molecule has 0 bridgehead atoms. The number of carbonyl (C=O) groups excluding carboxylic acids is 1. The Kier molecular flexibility index (Phi) is 6.90. The molecule has 3 nitrogen and oxygen atoms in total. The maximum absolute atomic E-state index is 12.1. The topological polar surface area (TPSA) is 29.5 Å². The lowest BCUT2D eigenvalue weighted by Crippen LogP contribution is -2.43. The summed E-state index contributed by atoms with van der Waals surface area (Å²) in [5.41, 5.74) is 0. The number of halogens is 1. The molecule has 1 fully saturated rings. The number of carbonyl (C=O) groups is 1. The molecular formula is C13H24ClNO2. The normalized spacial score (nSPS) is 19.4. The molecule has 0 saturated carbocycles. The van der Waals surface area contributed by atoms with Gasteiger partial charge in [-0.15, -0.1) is 11.6 Å². The molecule has 0 radical (unpaired) electrons. The van der Waals surface area contributed by atoms with Crippen LogP contribution in [0.25, 0.3) is 0 Å². The average molecular weight is 262 g/mol. The van der Waals surface area contributed by atoms with E-state index < -0.39 is 0 Å². The van der Waals surface area contributed by atoms with Gasteiger partial charge in [-0.3, -0.25) is 4.79 Å². The molecule has 4 heteroatoms. The standard InChI is InChI=1S/C13H24ClNO2/c1-3-4-11(2)13(16)15-8-5-12(6-9-15)17-10-7-14/h11-12H,3-10H2,1-2H3. The minimum absolute atomic E-state index is 0.167. The second-order valence-electron chi connectivity index (χ2n) is 4.77. The van der Waals surface area contributed by atoms with E-state index in [1.54, 1.807) is 0 Å². The van der Waals surface area contributed by atoms with E-state index in [0.29, 0.717) is 24.5 Å². The molecule has 1 heterocycles. The minimum atomic E-state index is 0.167. The molecule has 1 atom stereocenters. The highest BCUT2D eigenvalue weighted by molar-refractivity contribution is 6.17. The molecule has 0 aromatic rings. The van der Waals surface area contributed by atoms with Gasteiger partial charge in [0.25, 0.3) is 0 Å². The van der Waals surface area contributed by atoms with Crippen molar-refractivity contribution in [2.24, 2.45) is 5.92 Å². The molecule has 1 saturated heterocycles. The van der Waals surface area contributed by atoms with E-state index in [2.05, 4.69) is 6.92 Å². The first-order valence-corrected chi connectivity index (χ1v) is 7.18. The molecule has 1 rings (SSSR count). The Morgan fingerprint density at radius 1 is 1.47 bits per heavy atom. The van der Waals surface area contributed by atoms with Gasteiger partial charge in [0.05, 0.1) is 12.7 Å². The summed E-state index contributed by atoms with van der Waals surface area (Å²) in [4.78, 5) is 14.1. The second kappa shape index (κ2) is 7.93. The van der Waals surface area contributed by atoms with E-state index in [9.17, 15) is 4.79 Å². The van der Waals surface area contributed by atoms with Crippen LogP contribution in [0.1, 0.15) is 39.5 Å². The zero-order valence-electron chi connectivity index (χ0n) is 11.0. The monoisotopic (exact) mass is 261 g/mol. The molecule has 0 aromatic carbocycles. The van der Waals surface area contributed by atoms with Crippen LogP contribution in [0.3, 0.4) is 0 Å². The highest BCUT2D eigenvalue weighted by atomic mass is 35.5. The molecule has 17 heavy (non-hydrogen) atoms. The maximum atomic E-state index is 12.1. The van der Waals surface area contributed by atoms with Crippen molar-refractivity contribution in [3.8, 4) is 0 Å². The van der Waals surface area contributed by atoms with Crippen molar-refractivity contribution < 1.29 is 9.53 Å². The fourth-order valence-corrected chi connectivity index (χ4v) is 2.41. The summed E-state index contributed by atoms with van der Waals surface area (Å²) in [7, 11) is 0. The first-order chi connectivity index (χ1) is 8.19. The van der Waals surface area contributed by atoms with Crippen molar-refractivity contribution in [3.05, 3.63) is 0 Å². The summed E-state index contributed by atoms with van der Waals surface area (Å²) >= 11 is 5.59. The number of alkyl halides is 1. The van der Waals surface area contributed by atoms with Crippen molar-refractivity contribution >= 4 is 17.5 Å². The van der Waals surface area contributed by atoms with Gasteiger partial charge in [0.2, 0.25) is 5.91 Å². The molecule has 1 amide bonds. The largest absolute Gasteiger partial charge is 0.377 e. The predicted octanol–water partition coefficient (Wildman–Crippen LogP) is 2.67. The van der Waals surface area contributed by atoms with Crippen LogP contribution in [0.2, 0.25) is 0 Å². The molecule has 0 aromatic heterocycles. The summed E-state index contributed by atoms with van der Waals surface area (Å²) in [6, 6.07) is 0. The fourth-order valence-electron chi connectivity index (χ4n) is 2.32. The fraction of sp³-hybridized carbons (Fsp3) is 0.923. The molecule has 0 N–H and O–H groups in total. The Balaban J connectivity index is 2.28. The van der Waals surface area contributed by atoms with Gasteiger partial charge < -0.3 is 9.64 Å². The maximum Gasteiger partial charge on any atom is 0.225 e. The van der Waals surface area contributed by atoms with Gasteiger partial charge in [0.1, 0.15) is 0 Å². The minimum Gasteiger partial charge on any atom is -0.377 e. The summed E-state index contributed by atoms with van der Waals surface area (Å²) in [5, 5.41) is 0.